The van der Waals surface area contributed by atoms with E-state index < -0.39 is 197 Å². The number of nitrogens with zero attached hydrogens (tertiary/aromatic N) is 16. The van der Waals surface area contributed by atoms with Crippen LogP contribution in [0.3, 0.4) is 0 Å². The van der Waals surface area contributed by atoms with Gasteiger partial charge in [-0.15, -0.1) is 21.7 Å². The summed E-state index contributed by atoms with van der Waals surface area (Å²) in [7, 11) is 9.74. The van der Waals surface area contributed by atoms with E-state index in [1.807, 2.05) is 54.7 Å². The van der Waals surface area contributed by atoms with Crippen LogP contribution in [0.15, 0.2) is 59.8 Å². The van der Waals surface area contributed by atoms with Crippen molar-refractivity contribution in [2.24, 2.45) is 52.5 Å². The Labute approximate surface area is 730 Å². The number of ether oxygens (including phenoxy) is 10. The molecule has 3 aromatic heterocycles. The van der Waals surface area contributed by atoms with Gasteiger partial charge in [0, 0.05) is 80.8 Å². The Bertz CT molecular complexity index is 4630. The predicted octanol–water partition coefficient (Wildman–Crippen LogP) is 6.95. The summed E-state index contributed by atoms with van der Waals surface area (Å²) in [4.78, 5) is 122. The van der Waals surface area contributed by atoms with Crippen molar-refractivity contribution in [2.45, 2.75) is 289 Å². The molecule has 0 spiro atoms. The third-order valence-corrected chi connectivity index (χ3v) is 26.2. The number of unbranched alkanes of at least 4 members (excludes halogenated alkanes) is 2. The summed E-state index contributed by atoms with van der Waals surface area (Å²) >= 11 is 0. The van der Waals surface area contributed by atoms with Gasteiger partial charge in [-0.25, -0.2) is 19.0 Å². The quantitative estimate of drug-likeness (QED) is 0.00750. The number of esters is 2. The average Bonchev–Trinajstić information content (AvgIpc) is 1.60. The maximum absolute atomic E-state index is 14.8. The standard InChI is InChI=1S/C44H66N8O11.C34H57N5O11.C9H7N3/c1-12-32-44(8)38(51(42(58)63-44)20-16-15-19-50-22-29(45-47-50)23-52-31-18-14-13-17-30(31)46-48-52)25(3)34(53)24(2)21-43(7,59-11)39(26(4)35(54)27(5)40(57)61-32)62-41-37(56)33(49(9)10)36(55)28(6)60-41;1-11-23-34(7)28(39(32(45)50-34)15-13-12-14-36-37-35)19(3)25(41)18(2)16-33(6,46-10)29(20(4)26(42)21(5)30(44)48-23)49-31-27(43)24(38(8)9)22(40)17-47-31;1-2-7-12-9-6-4-3-5-8(9)10-11-12/h13-14,17-18,22,24-28,32-33,36-39,41,55-56H,12,15-16,19-21,23H2,1-11H3;18-24,27-29,31,40,43H,11-17H2,1-10H3;1,3-6H,7H2/t24-,25+,26+,27-,28?,32-,33?,36?,37?,38-,39-,41?,43+,44-;18-,19+,20+,21-,22?,23-,24?,27?,28-,29-,31?,33+,34-;/m11./s1. The largest absolute Gasteiger partial charge is 0.458 e. The molecule has 0 radical (unpaired) electrons. The molecule has 2 aromatic carbocycles. The number of likely N-dealkylation sites (N-methyl/N-ethyl adjacent to an activating group) is 2. The van der Waals surface area contributed by atoms with E-state index in [1.54, 1.807) is 147 Å². The van der Waals surface area contributed by atoms with E-state index in [4.69, 9.17) is 59.3 Å². The second kappa shape index (κ2) is 42.7. The van der Waals surface area contributed by atoms with Crippen molar-refractivity contribution < 1.29 is 106 Å². The van der Waals surface area contributed by atoms with Gasteiger partial charge < -0.3 is 87.4 Å². The lowest BCUT2D eigenvalue weighted by Crippen LogP contribution is -2.64. The number of rotatable bonds is 23. The number of fused-ring (bicyclic) bond motifs is 4. The van der Waals surface area contributed by atoms with Crippen LogP contribution in [0.2, 0.25) is 0 Å². The van der Waals surface area contributed by atoms with Crippen molar-refractivity contribution in [3.8, 4) is 12.3 Å². The van der Waals surface area contributed by atoms with Crippen LogP contribution >= 0.6 is 0 Å². The molecule has 9 unspecified atom stereocenters. The van der Waals surface area contributed by atoms with Crippen molar-refractivity contribution in [3.05, 3.63) is 70.9 Å². The Morgan fingerprint density at radius 3 is 1.50 bits per heavy atom. The summed E-state index contributed by atoms with van der Waals surface area (Å²) in [5, 5.41) is 72.6. The lowest BCUT2D eigenvalue weighted by molar-refractivity contribution is -0.313. The van der Waals surface area contributed by atoms with Crippen LogP contribution in [0.4, 0.5) is 9.59 Å². The number of aliphatic hydroxyl groups excluding tert-OH is 4. The molecule has 0 saturated carbocycles. The number of methoxy groups -OCH3 is 2. The van der Waals surface area contributed by atoms with Gasteiger partial charge in [0.25, 0.3) is 0 Å². The molecule has 38 nitrogen and oxygen atoms in total. The van der Waals surface area contributed by atoms with Crippen LogP contribution in [0.25, 0.3) is 32.5 Å². The van der Waals surface area contributed by atoms with Crippen LogP contribution in [0.5, 0.6) is 0 Å². The molecule has 2 amide bonds. The first-order chi connectivity index (χ1) is 59.1. The Kier molecular flexibility index (Phi) is 34.1. The summed E-state index contributed by atoms with van der Waals surface area (Å²) < 4.78 is 66.4. The number of aromatic nitrogens is 9. The highest BCUT2D eigenvalue weighted by molar-refractivity contribution is 6.01. The van der Waals surface area contributed by atoms with Crippen LogP contribution in [0, 0.1) is 59.7 Å². The van der Waals surface area contributed by atoms with Gasteiger partial charge in [-0.3, -0.25) is 33.4 Å². The molecule has 9 heterocycles. The molecule has 6 aliphatic heterocycles. The van der Waals surface area contributed by atoms with Crippen molar-refractivity contribution in [1.29, 1.82) is 0 Å². The van der Waals surface area contributed by atoms with Crippen molar-refractivity contribution in [3.63, 3.8) is 0 Å². The Balaban J connectivity index is 0.000000253. The fraction of sp³-hybridized carbons (Fsp3) is 0.724. The number of Topliss-reactive ketones (excluding diaryl/α,β-unsaturated/α-hetero) is 4. The zero-order chi connectivity index (χ0) is 92.2. The van der Waals surface area contributed by atoms with Crippen molar-refractivity contribution in [2.75, 3.05) is 68.7 Å². The van der Waals surface area contributed by atoms with Gasteiger partial charge >= 0.3 is 24.1 Å². The Hall–Kier alpha value is -9.07. The SMILES string of the molecule is C#CCn1nnc2ccccc21.CC[C@H]1OC(=O)[C@H](C)C(=O)[C@H](C)[C@@H](OC2OC(C)C(O)C(N(C)C)C2O)[C@@](C)(OC)C[C@@H](C)C(=O)[C@H](C)[C@H]2N(CCCCn3cc(Cn4nnc5ccccc54)nn3)C(=O)O[C@]12C.CC[C@H]1OC(=O)[C@H](C)C(=O)[C@H](C)[C@@H](OC2OCC(O)C(N(C)C)C2O)[C@@](C)(OC)C[C@@H](C)C(=O)[C@H](C)[C@H]2N(CCCCN=[N+]=[N-])C(=O)O[C@]12C. The molecule has 6 aliphatic rings. The topological polar surface area (TPSA) is 464 Å². The van der Waals surface area contributed by atoms with E-state index in [2.05, 4.69) is 46.9 Å². The first kappa shape index (κ1) is 99.7. The van der Waals surface area contributed by atoms with Gasteiger partial charge in [0.15, 0.2) is 35.3 Å². The van der Waals surface area contributed by atoms with Gasteiger partial charge in [0.05, 0.1) is 96.3 Å². The summed E-state index contributed by atoms with van der Waals surface area (Å²) in [5.74, 6) is -8.17. The molecular weight excluding hydrogens is 1620 g/mol. The first-order valence-corrected chi connectivity index (χ1v) is 43.3. The molecule has 11 rings (SSSR count). The van der Waals surface area contributed by atoms with E-state index in [0.29, 0.717) is 51.0 Å². The highest BCUT2D eigenvalue weighted by Crippen LogP contribution is 2.46. The van der Waals surface area contributed by atoms with Crippen molar-refractivity contribution >= 4 is 69.3 Å². The summed E-state index contributed by atoms with van der Waals surface area (Å²) in [6.07, 6.45) is -3.84. The number of hydrogen-bond donors (Lipinski definition) is 4. The zero-order valence-corrected chi connectivity index (χ0v) is 76.0. The number of hydrogen-bond acceptors (Lipinski definition) is 31. The summed E-state index contributed by atoms with van der Waals surface area (Å²) in [6, 6.07) is 12.2. The Morgan fingerprint density at radius 2 is 1.03 bits per heavy atom. The molecule has 690 valence electrons. The maximum Gasteiger partial charge on any atom is 0.410 e. The number of aryl methyl sites for hydroxylation is 1. The number of ketones is 4. The number of aliphatic hydroxyl groups is 4. The second-order valence-electron chi connectivity index (χ2n) is 35.5. The number of para-hydroxylation sites is 2. The van der Waals surface area contributed by atoms with Crippen LogP contribution in [0.1, 0.15) is 161 Å². The Morgan fingerprint density at radius 1 is 0.584 bits per heavy atom. The normalized spacial score (nSPS) is 35.3. The number of benzene rings is 2. The smallest absolute Gasteiger partial charge is 0.410 e. The first-order valence-electron chi connectivity index (χ1n) is 43.3. The molecule has 0 aliphatic carbocycles. The minimum Gasteiger partial charge on any atom is -0.458 e. The average molecular weight is 1750 g/mol. The van der Waals surface area contributed by atoms with Crippen LogP contribution < -0.4 is 0 Å². The van der Waals surface area contributed by atoms with E-state index in [0.717, 1.165) is 22.1 Å². The third kappa shape index (κ3) is 21.7. The number of amides is 2. The lowest BCUT2D eigenvalue weighted by atomic mass is 9.73. The molecule has 5 aromatic rings. The monoisotopic (exact) mass is 1750 g/mol. The van der Waals surface area contributed by atoms with E-state index >= 15 is 0 Å². The molecule has 6 fully saturated rings. The second-order valence-corrected chi connectivity index (χ2v) is 35.5. The molecule has 27 atom stereocenters. The molecule has 38 heteroatoms. The highest BCUT2D eigenvalue weighted by Gasteiger charge is 2.63. The van der Waals surface area contributed by atoms with Gasteiger partial charge in [-0.1, -0.05) is 106 Å². The molecule has 6 saturated heterocycles. The number of carbonyl (C=O) groups excluding carboxylic acids is 8. The van der Waals surface area contributed by atoms with Gasteiger partial charge in [-0.05, 0) is 158 Å². The molecule has 125 heavy (non-hydrogen) atoms. The van der Waals surface area contributed by atoms with E-state index in [1.165, 1.54) is 33.0 Å². The predicted molar refractivity (Wildman–Crippen MR) is 453 cm³/mol. The fourth-order valence-corrected chi connectivity index (χ4v) is 19.3. The molecule has 0 bridgehead atoms. The highest BCUT2D eigenvalue weighted by atomic mass is 16.7. The fourth-order valence-electron chi connectivity index (χ4n) is 19.3. The number of azide groups is 1. The minimum absolute atomic E-state index is 0.0639. The molecule has 4 N–H and O–H groups in total. The van der Waals surface area contributed by atoms with E-state index in [9.17, 15) is 58.8 Å². The van der Waals surface area contributed by atoms with Gasteiger partial charge in [-0.2, -0.15) is 0 Å². The lowest BCUT2D eigenvalue weighted by Gasteiger charge is -2.48. The van der Waals surface area contributed by atoms with Crippen LogP contribution in [-0.2, 0) is 95.8 Å². The summed E-state index contributed by atoms with van der Waals surface area (Å²) in [6.45, 7) is 27.1. The third-order valence-electron chi connectivity index (χ3n) is 26.2. The van der Waals surface area contributed by atoms with E-state index in [-0.39, 0.29) is 63.5 Å². The minimum atomic E-state index is -1.45. The van der Waals surface area contributed by atoms with Crippen LogP contribution in [-0.4, -0.2) is 315 Å². The van der Waals surface area contributed by atoms with Crippen molar-refractivity contribution in [1.82, 2.24) is 64.6 Å². The maximum atomic E-state index is 14.8. The van der Waals surface area contributed by atoms with Gasteiger partial charge in [0.2, 0.25) is 0 Å². The summed E-state index contributed by atoms with van der Waals surface area (Å²) in [5.41, 5.74) is 7.34. The number of terminal acetylenes is 1. The zero-order valence-electron chi connectivity index (χ0n) is 76.0. The number of cyclic esters (lactones) is 2. The molecular formula is C87H130N16O22. The van der Waals surface area contributed by atoms with Gasteiger partial charge in [0.1, 0.15) is 71.1 Å². The number of carbonyl (C=O) groups is 8.